The molecule has 0 fully saturated rings. The molecule has 7 nitrogen and oxygen atoms in total. The fourth-order valence-corrected chi connectivity index (χ4v) is 2.19. The minimum absolute atomic E-state index is 0.125. The van der Waals surface area contributed by atoms with Gasteiger partial charge in [-0.1, -0.05) is 6.07 Å². The van der Waals surface area contributed by atoms with Crippen molar-refractivity contribution >= 4 is 33.2 Å². The standard InChI is InChI=1S/C14H12FN3O4S/c15-9-2-1-3-11(8-9)18-14(20)13(19)17-10-4-6-12(7-5-10)23(16,21)22/h1-8H,(H,17,19)(H,18,20)(H2,16,21,22). The van der Waals surface area contributed by atoms with E-state index in [9.17, 15) is 22.4 Å². The largest absolute Gasteiger partial charge is 0.318 e. The maximum absolute atomic E-state index is 13.0. The van der Waals surface area contributed by atoms with Gasteiger partial charge in [-0.25, -0.2) is 17.9 Å². The maximum atomic E-state index is 13.0. The number of nitrogens with one attached hydrogen (secondary N) is 2. The second kappa shape index (κ2) is 6.55. The third-order valence-corrected chi connectivity index (χ3v) is 3.66. The van der Waals surface area contributed by atoms with Gasteiger partial charge in [0.05, 0.1) is 4.90 Å². The van der Waals surface area contributed by atoms with Crippen LogP contribution in [0.3, 0.4) is 0 Å². The molecule has 23 heavy (non-hydrogen) atoms. The molecule has 0 aromatic heterocycles. The summed E-state index contributed by atoms with van der Waals surface area (Å²) in [5, 5.41) is 9.45. The molecule has 0 unspecified atom stereocenters. The molecule has 0 aliphatic heterocycles. The zero-order valence-electron chi connectivity index (χ0n) is 11.6. The normalized spacial score (nSPS) is 10.9. The zero-order valence-corrected chi connectivity index (χ0v) is 12.4. The van der Waals surface area contributed by atoms with Crippen LogP contribution in [-0.4, -0.2) is 20.2 Å². The molecule has 0 bridgehead atoms. The molecular formula is C14H12FN3O4S. The lowest BCUT2D eigenvalue weighted by Crippen LogP contribution is -2.29. The van der Waals surface area contributed by atoms with Crippen LogP contribution in [0.4, 0.5) is 15.8 Å². The van der Waals surface area contributed by atoms with Gasteiger partial charge >= 0.3 is 11.8 Å². The Hall–Kier alpha value is -2.78. The highest BCUT2D eigenvalue weighted by molar-refractivity contribution is 7.89. The highest BCUT2D eigenvalue weighted by Crippen LogP contribution is 2.13. The van der Waals surface area contributed by atoms with E-state index in [1.165, 1.54) is 42.5 Å². The first-order valence-corrected chi connectivity index (χ1v) is 7.81. The number of sulfonamides is 1. The van der Waals surface area contributed by atoms with Crippen molar-refractivity contribution in [1.29, 1.82) is 0 Å². The van der Waals surface area contributed by atoms with E-state index in [1.54, 1.807) is 0 Å². The first-order chi connectivity index (χ1) is 10.8. The van der Waals surface area contributed by atoms with Crippen LogP contribution in [-0.2, 0) is 19.6 Å². The predicted molar refractivity (Wildman–Crippen MR) is 81.5 cm³/mol. The molecular weight excluding hydrogens is 325 g/mol. The molecule has 0 aliphatic rings. The maximum Gasteiger partial charge on any atom is 0.314 e. The number of benzene rings is 2. The number of primary sulfonamides is 1. The summed E-state index contributed by atoms with van der Waals surface area (Å²) in [4.78, 5) is 23.3. The van der Waals surface area contributed by atoms with Crippen LogP contribution in [0.25, 0.3) is 0 Å². The summed E-state index contributed by atoms with van der Waals surface area (Å²) in [7, 11) is -3.84. The predicted octanol–water partition coefficient (Wildman–Crippen LogP) is 1.05. The molecule has 120 valence electrons. The molecule has 2 aromatic rings. The number of rotatable bonds is 3. The van der Waals surface area contributed by atoms with Crippen LogP contribution < -0.4 is 15.8 Å². The number of amides is 2. The Labute approximate surface area is 131 Å². The smallest absolute Gasteiger partial charge is 0.314 e. The molecule has 0 heterocycles. The van der Waals surface area contributed by atoms with Crippen LogP contribution in [0.2, 0.25) is 0 Å². The first kappa shape index (κ1) is 16.6. The number of hydrogen-bond acceptors (Lipinski definition) is 4. The number of nitrogens with two attached hydrogens (primary N) is 1. The quantitative estimate of drug-likeness (QED) is 0.725. The average Bonchev–Trinajstić information content (AvgIpc) is 2.46. The summed E-state index contributed by atoms with van der Waals surface area (Å²) < 4.78 is 35.2. The lowest BCUT2D eigenvalue weighted by molar-refractivity contribution is -0.133. The SMILES string of the molecule is NS(=O)(=O)c1ccc(NC(=O)C(=O)Nc2cccc(F)c2)cc1. The van der Waals surface area contributed by atoms with E-state index in [2.05, 4.69) is 10.6 Å². The molecule has 0 atom stereocenters. The Balaban J connectivity index is 2.02. The van der Waals surface area contributed by atoms with Crippen LogP contribution in [0, 0.1) is 5.82 Å². The van der Waals surface area contributed by atoms with Crippen molar-refractivity contribution in [1.82, 2.24) is 0 Å². The van der Waals surface area contributed by atoms with Crippen molar-refractivity contribution in [2.45, 2.75) is 4.90 Å². The third-order valence-electron chi connectivity index (χ3n) is 2.73. The van der Waals surface area contributed by atoms with Gasteiger partial charge in [0, 0.05) is 11.4 Å². The van der Waals surface area contributed by atoms with Crippen molar-refractivity contribution in [2.75, 3.05) is 10.6 Å². The minimum Gasteiger partial charge on any atom is -0.318 e. The van der Waals surface area contributed by atoms with Crippen LogP contribution in [0.1, 0.15) is 0 Å². The van der Waals surface area contributed by atoms with Crippen molar-refractivity contribution < 1.29 is 22.4 Å². The Morgan fingerprint density at radius 2 is 1.48 bits per heavy atom. The minimum atomic E-state index is -3.84. The Kier molecular flexibility index (Phi) is 4.72. The average molecular weight is 337 g/mol. The summed E-state index contributed by atoms with van der Waals surface area (Å²) in [5.41, 5.74) is 0.339. The monoisotopic (exact) mass is 337 g/mol. The van der Waals surface area contributed by atoms with Gasteiger partial charge in [0.15, 0.2) is 0 Å². The van der Waals surface area contributed by atoms with Gasteiger partial charge in [0.2, 0.25) is 10.0 Å². The van der Waals surface area contributed by atoms with E-state index in [0.717, 1.165) is 6.07 Å². The van der Waals surface area contributed by atoms with Gasteiger partial charge < -0.3 is 10.6 Å². The van der Waals surface area contributed by atoms with Crippen molar-refractivity contribution in [3.8, 4) is 0 Å². The second-order valence-electron chi connectivity index (χ2n) is 4.49. The van der Waals surface area contributed by atoms with Crippen molar-refractivity contribution in [2.24, 2.45) is 5.14 Å². The van der Waals surface area contributed by atoms with E-state index >= 15 is 0 Å². The Morgan fingerprint density at radius 3 is 2.00 bits per heavy atom. The fraction of sp³-hybridized carbons (Fsp3) is 0. The summed E-state index contributed by atoms with van der Waals surface area (Å²) in [6.45, 7) is 0. The van der Waals surface area contributed by atoms with Crippen molar-refractivity contribution in [3.05, 3.63) is 54.3 Å². The topological polar surface area (TPSA) is 118 Å². The molecule has 0 saturated heterocycles. The number of carbonyl (C=O) groups is 2. The summed E-state index contributed by atoms with van der Waals surface area (Å²) >= 11 is 0. The van der Waals surface area contributed by atoms with E-state index in [1.807, 2.05) is 0 Å². The third kappa shape index (κ3) is 4.59. The fourth-order valence-electron chi connectivity index (χ4n) is 1.67. The van der Waals surface area contributed by atoms with Gasteiger partial charge in [0.25, 0.3) is 0 Å². The van der Waals surface area contributed by atoms with Gasteiger partial charge in [-0.2, -0.15) is 0 Å². The van der Waals surface area contributed by atoms with Crippen LogP contribution >= 0.6 is 0 Å². The molecule has 0 aliphatic carbocycles. The second-order valence-corrected chi connectivity index (χ2v) is 6.05. The number of hydrogen-bond donors (Lipinski definition) is 3. The van der Waals surface area contributed by atoms with E-state index < -0.39 is 27.7 Å². The summed E-state index contributed by atoms with van der Waals surface area (Å²) in [5.74, 6) is -2.54. The zero-order chi connectivity index (χ0) is 17.0. The first-order valence-electron chi connectivity index (χ1n) is 6.26. The highest BCUT2D eigenvalue weighted by atomic mass is 32.2. The molecule has 2 aromatic carbocycles. The molecule has 2 amide bonds. The van der Waals surface area contributed by atoms with E-state index in [4.69, 9.17) is 5.14 Å². The highest BCUT2D eigenvalue weighted by Gasteiger charge is 2.15. The van der Waals surface area contributed by atoms with Crippen LogP contribution in [0.15, 0.2) is 53.4 Å². The molecule has 4 N–H and O–H groups in total. The van der Waals surface area contributed by atoms with Crippen LogP contribution in [0.5, 0.6) is 0 Å². The van der Waals surface area contributed by atoms with Crippen molar-refractivity contribution in [3.63, 3.8) is 0 Å². The number of anilines is 2. The lowest BCUT2D eigenvalue weighted by Gasteiger charge is -2.07. The molecule has 9 heteroatoms. The lowest BCUT2D eigenvalue weighted by atomic mass is 10.3. The van der Waals surface area contributed by atoms with Gasteiger partial charge in [-0.3, -0.25) is 9.59 Å². The van der Waals surface area contributed by atoms with E-state index in [-0.39, 0.29) is 16.3 Å². The Morgan fingerprint density at radius 1 is 0.913 bits per heavy atom. The van der Waals surface area contributed by atoms with Gasteiger partial charge in [0.1, 0.15) is 5.82 Å². The van der Waals surface area contributed by atoms with Gasteiger partial charge in [-0.05, 0) is 42.5 Å². The van der Waals surface area contributed by atoms with Gasteiger partial charge in [-0.15, -0.1) is 0 Å². The molecule has 0 saturated carbocycles. The van der Waals surface area contributed by atoms with E-state index in [0.29, 0.717) is 0 Å². The number of carbonyl (C=O) groups excluding carboxylic acids is 2. The molecule has 0 radical (unpaired) electrons. The molecule has 2 rings (SSSR count). The summed E-state index contributed by atoms with van der Waals surface area (Å²) in [6, 6.07) is 10.0. The number of halogens is 1. The molecule has 0 spiro atoms. The Bertz CT molecular complexity index is 851. The summed E-state index contributed by atoms with van der Waals surface area (Å²) in [6.07, 6.45) is 0.